The van der Waals surface area contributed by atoms with Crippen LogP contribution in [0.2, 0.25) is 0 Å². The number of hydrogen-bond donors (Lipinski definition) is 0. The number of allylic oxidation sites excluding steroid dienone is 2. The fraction of sp³-hybridized carbons (Fsp3) is 0.444. The van der Waals surface area contributed by atoms with Gasteiger partial charge in [0.05, 0.1) is 11.3 Å². The normalized spacial score (nSPS) is 14.8. The molecule has 0 spiro atoms. The summed E-state index contributed by atoms with van der Waals surface area (Å²) >= 11 is 1.38. The molecule has 25 heavy (non-hydrogen) atoms. The van der Waals surface area contributed by atoms with Crippen molar-refractivity contribution in [2.75, 3.05) is 0 Å². The molecule has 2 heterocycles. The summed E-state index contributed by atoms with van der Waals surface area (Å²) in [7, 11) is 0. The molecule has 3 nitrogen and oxygen atoms in total. The number of alkyl halides is 3. The number of hydrogen-bond acceptors (Lipinski definition) is 3. The van der Waals surface area contributed by atoms with Crippen LogP contribution in [0.4, 0.5) is 13.2 Å². The van der Waals surface area contributed by atoms with Crippen LogP contribution in [0.25, 0.3) is 16.8 Å². The summed E-state index contributed by atoms with van der Waals surface area (Å²) in [5, 5.41) is 12.0. The monoisotopic (exact) mass is 365 g/mol. The summed E-state index contributed by atoms with van der Waals surface area (Å²) in [5.41, 5.74) is 4.20. The van der Waals surface area contributed by atoms with E-state index in [0.717, 1.165) is 31.3 Å². The molecule has 2 aromatic rings. The molecule has 0 aliphatic heterocycles. The van der Waals surface area contributed by atoms with E-state index in [1.807, 2.05) is 5.38 Å². The van der Waals surface area contributed by atoms with Crippen molar-refractivity contribution in [2.24, 2.45) is 0 Å². The van der Waals surface area contributed by atoms with Gasteiger partial charge in [-0.3, -0.25) is 0 Å². The van der Waals surface area contributed by atoms with Gasteiger partial charge in [0.1, 0.15) is 17.6 Å². The zero-order valence-corrected chi connectivity index (χ0v) is 14.9. The standard InChI is InChI=1S/C18H18F3N3S/c1-11-7-14(12(2)24(11)10-18(19,20)21)16-9-25-17(23-16)15(8-22)13-5-3-4-6-13/h7,9H,3-6,10H2,1-2H3. The van der Waals surface area contributed by atoms with Crippen molar-refractivity contribution in [1.29, 1.82) is 5.26 Å². The number of aromatic nitrogens is 2. The van der Waals surface area contributed by atoms with Crippen molar-refractivity contribution in [2.45, 2.75) is 52.3 Å². The first kappa shape index (κ1) is 17.7. The molecule has 1 aliphatic rings. The molecule has 0 radical (unpaired) electrons. The van der Waals surface area contributed by atoms with Gasteiger partial charge in [-0.05, 0) is 51.2 Å². The third kappa shape index (κ3) is 3.64. The molecule has 1 fully saturated rings. The second kappa shape index (κ2) is 6.68. The van der Waals surface area contributed by atoms with E-state index in [4.69, 9.17) is 0 Å². The maximum Gasteiger partial charge on any atom is 0.406 e. The van der Waals surface area contributed by atoms with Crippen molar-refractivity contribution in [3.05, 3.63) is 33.4 Å². The fourth-order valence-electron chi connectivity index (χ4n) is 3.33. The van der Waals surface area contributed by atoms with E-state index in [0.29, 0.717) is 33.2 Å². The number of aryl methyl sites for hydroxylation is 1. The van der Waals surface area contributed by atoms with Gasteiger partial charge in [0.25, 0.3) is 0 Å². The zero-order chi connectivity index (χ0) is 18.2. The SMILES string of the molecule is Cc1cc(-c2csc(C(C#N)=C3CCCC3)n2)c(C)n1CC(F)(F)F. The van der Waals surface area contributed by atoms with E-state index < -0.39 is 12.7 Å². The quantitative estimate of drug-likeness (QED) is 0.660. The zero-order valence-electron chi connectivity index (χ0n) is 14.1. The molecule has 0 bridgehead atoms. The lowest BCUT2D eigenvalue weighted by Gasteiger charge is -2.12. The van der Waals surface area contributed by atoms with Crippen LogP contribution in [0.5, 0.6) is 0 Å². The Hall–Kier alpha value is -2.07. The number of halogens is 3. The highest BCUT2D eigenvalue weighted by Crippen LogP contribution is 2.35. The van der Waals surface area contributed by atoms with Crippen LogP contribution in [0.15, 0.2) is 17.0 Å². The molecule has 1 saturated carbocycles. The number of nitrogens with zero attached hydrogens (tertiary/aromatic N) is 3. The van der Waals surface area contributed by atoms with E-state index in [-0.39, 0.29) is 0 Å². The Labute approximate surface area is 148 Å². The molecule has 132 valence electrons. The highest BCUT2D eigenvalue weighted by molar-refractivity contribution is 7.11. The molecule has 0 saturated heterocycles. The predicted octanol–water partition coefficient (Wildman–Crippen LogP) is 5.64. The summed E-state index contributed by atoms with van der Waals surface area (Å²) in [6.45, 7) is 2.33. The van der Waals surface area contributed by atoms with Crippen LogP contribution in [-0.2, 0) is 6.54 Å². The van der Waals surface area contributed by atoms with Crippen molar-refractivity contribution in [3.63, 3.8) is 0 Å². The second-order valence-electron chi connectivity index (χ2n) is 6.32. The van der Waals surface area contributed by atoms with Crippen molar-refractivity contribution >= 4 is 16.9 Å². The average molecular weight is 365 g/mol. The number of rotatable bonds is 3. The average Bonchev–Trinajstić information content (AvgIpc) is 3.25. The molecule has 3 rings (SSSR count). The highest BCUT2D eigenvalue weighted by atomic mass is 32.1. The van der Waals surface area contributed by atoms with Crippen molar-refractivity contribution < 1.29 is 13.2 Å². The Morgan fingerprint density at radius 1 is 1.32 bits per heavy atom. The summed E-state index contributed by atoms with van der Waals surface area (Å²) in [6, 6.07) is 3.99. The van der Waals surface area contributed by atoms with Crippen LogP contribution < -0.4 is 0 Å². The van der Waals surface area contributed by atoms with E-state index >= 15 is 0 Å². The lowest BCUT2D eigenvalue weighted by Crippen LogP contribution is -2.19. The lowest BCUT2D eigenvalue weighted by atomic mass is 10.1. The molecule has 0 amide bonds. The van der Waals surface area contributed by atoms with Gasteiger partial charge in [-0.25, -0.2) is 4.98 Å². The Morgan fingerprint density at radius 2 is 2.00 bits per heavy atom. The number of thiazole rings is 1. The summed E-state index contributed by atoms with van der Waals surface area (Å²) in [4.78, 5) is 4.55. The number of nitriles is 1. The molecule has 7 heteroatoms. The molecule has 0 unspecified atom stereocenters. The largest absolute Gasteiger partial charge is 0.406 e. The molecule has 1 aliphatic carbocycles. The van der Waals surface area contributed by atoms with Gasteiger partial charge >= 0.3 is 6.18 Å². The minimum atomic E-state index is -4.26. The van der Waals surface area contributed by atoms with Crippen LogP contribution in [0.3, 0.4) is 0 Å². The summed E-state index contributed by atoms with van der Waals surface area (Å²) in [5.74, 6) is 0. The third-order valence-electron chi connectivity index (χ3n) is 4.58. The second-order valence-corrected chi connectivity index (χ2v) is 7.18. The first-order chi connectivity index (χ1) is 11.8. The Balaban J connectivity index is 1.97. The van der Waals surface area contributed by atoms with Crippen LogP contribution >= 0.6 is 11.3 Å². The van der Waals surface area contributed by atoms with E-state index in [2.05, 4.69) is 11.1 Å². The first-order valence-electron chi connectivity index (χ1n) is 8.12. The lowest BCUT2D eigenvalue weighted by molar-refractivity contribution is -0.141. The van der Waals surface area contributed by atoms with Gasteiger partial charge in [-0.1, -0.05) is 0 Å². The van der Waals surface area contributed by atoms with E-state index in [1.165, 1.54) is 15.9 Å². The van der Waals surface area contributed by atoms with Gasteiger partial charge in [-0.2, -0.15) is 18.4 Å². The molecule has 0 N–H and O–H groups in total. The smallest absolute Gasteiger partial charge is 0.339 e. The Kier molecular flexibility index (Phi) is 4.74. The van der Waals surface area contributed by atoms with Gasteiger partial charge < -0.3 is 4.57 Å². The Bertz CT molecular complexity index is 857. The Morgan fingerprint density at radius 3 is 2.60 bits per heavy atom. The fourth-order valence-corrected chi connectivity index (χ4v) is 4.19. The minimum Gasteiger partial charge on any atom is -0.339 e. The molecular weight excluding hydrogens is 347 g/mol. The summed E-state index contributed by atoms with van der Waals surface area (Å²) < 4.78 is 39.6. The van der Waals surface area contributed by atoms with Crippen LogP contribution in [0.1, 0.15) is 42.1 Å². The molecule has 0 atom stereocenters. The molecule has 2 aromatic heterocycles. The third-order valence-corrected chi connectivity index (χ3v) is 5.44. The van der Waals surface area contributed by atoms with E-state index in [1.54, 1.807) is 19.9 Å². The highest BCUT2D eigenvalue weighted by Gasteiger charge is 2.30. The predicted molar refractivity (Wildman–Crippen MR) is 92.1 cm³/mol. The van der Waals surface area contributed by atoms with Crippen molar-refractivity contribution in [3.8, 4) is 17.3 Å². The first-order valence-corrected chi connectivity index (χ1v) is 9.00. The van der Waals surface area contributed by atoms with Crippen molar-refractivity contribution in [1.82, 2.24) is 9.55 Å². The van der Waals surface area contributed by atoms with Crippen LogP contribution in [0, 0.1) is 25.2 Å². The van der Waals surface area contributed by atoms with Gasteiger partial charge in [0, 0.05) is 22.3 Å². The topological polar surface area (TPSA) is 41.6 Å². The van der Waals surface area contributed by atoms with E-state index in [9.17, 15) is 18.4 Å². The molecule has 0 aromatic carbocycles. The maximum absolute atomic E-state index is 12.8. The van der Waals surface area contributed by atoms with Gasteiger partial charge in [0.15, 0.2) is 0 Å². The molecular formula is C18H18F3N3S. The van der Waals surface area contributed by atoms with Crippen LogP contribution in [-0.4, -0.2) is 15.7 Å². The minimum absolute atomic E-state index is 0.540. The maximum atomic E-state index is 12.8. The summed E-state index contributed by atoms with van der Waals surface area (Å²) in [6.07, 6.45) is -0.218. The van der Waals surface area contributed by atoms with Gasteiger partial charge in [-0.15, -0.1) is 11.3 Å². The van der Waals surface area contributed by atoms with Gasteiger partial charge in [0.2, 0.25) is 0 Å².